The zero-order chi connectivity index (χ0) is 16.2. The van der Waals surface area contributed by atoms with E-state index in [0.29, 0.717) is 19.7 Å². The number of aromatic nitrogens is 3. The molecule has 1 fully saturated rings. The summed E-state index contributed by atoms with van der Waals surface area (Å²) < 4.78 is 7.55. The molecule has 3 rings (SSSR count). The summed E-state index contributed by atoms with van der Waals surface area (Å²) in [6, 6.07) is 9.79. The monoisotopic (exact) mass is 315 g/mol. The van der Waals surface area contributed by atoms with Crippen LogP contribution in [0.5, 0.6) is 0 Å². The van der Waals surface area contributed by atoms with Gasteiger partial charge in [-0.05, 0) is 12.5 Å². The third-order valence-corrected chi connectivity index (χ3v) is 4.03. The Morgan fingerprint density at radius 3 is 2.87 bits per heavy atom. The average molecular weight is 315 g/mol. The topological polar surface area (TPSA) is 72.3 Å². The summed E-state index contributed by atoms with van der Waals surface area (Å²) in [5.41, 5.74) is 1.08. The predicted molar refractivity (Wildman–Crippen MR) is 84.7 cm³/mol. The van der Waals surface area contributed by atoms with Gasteiger partial charge in [0.1, 0.15) is 12.4 Å². The lowest BCUT2D eigenvalue weighted by Gasteiger charge is -2.33. The van der Waals surface area contributed by atoms with E-state index < -0.39 is 0 Å². The van der Waals surface area contributed by atoms with Crippen LogP contribution in [0.4, 0.5) is 4.79 Å². The highest BCUT2D eigenvalue weighted by molar-refractivity contribution is 5.74. The maximum atomic E-state index is 12.5. The second-order valence-electron chi connectivity index (χ2n) is 5.69. The van der Waals surface area contributed by atoms with Gasteiger partial charge in [0, 0.05) is 13.6 Å². The van der Waals surface area contributed by atoms with Crippen LogP contribution in [-0.2, 0) is 11.8 Å². The molecule has 1 aromatic carbocycles. The van der Waals surface area contributed by atoms with E-state index in [1.807, 2.05) is 48.9 Å². The van der Waals surface area contributed by atoms with E-state index in [2.05, 4.69) is 15.5 Å². The van der Waals surface area contributed by atoms with Crippen molar-refractivity contribution in [2.24, 2.45) is 7.05 Å². The Balaban J connectivity index is 1.62. The molecule has 2 heterocycles. The van der Waals surface area contributed by atoms with Gasteiger partial charge in [-0.1, -0.05) is 30.3 Å². The fourth-order valence-electron chi connectivity index (χ4n) is 2.68. The first kappa shape index (κ1) is 15.5. The summed E-state index contributed by atoms with van der Waals surface area (Å²) in [7, 11) is 1.87. The number of hydrogen-bond acceptors (Lipinski definition) is 4. The largest absolute Gasteiger partial charge is 0.366 e. The quantitative estimate of drug-likeness (QED) is 0.935. The van der Waals surface area contributed by atoms with E-state index in [-0.39, 0.29) is 18.2 Å². The number of carbonyl (C=O) groups excluding carboxylic acids is 1. The molecule has 1 N–H and O–H groups in total. The van der Waals surface area contributed by atoms with Gasteiger partial charge in [0.2, 0.25) is 0 Å². The third-order valence-electron chi connectivity index (χ3n) is 4.03. The molecule has 0 spiro atoms. The zero-order valence-corrected chi connectivity index (χ0v) is 13.3. The van der Waals surface area contributed by atoms with E-state index in [1.165, 1.54) is 0 Å². The molecular weight excluding hydrogens is 294 g/mol. The Kier molecular flexibility index (Phi) is 4.57. The van der Waals surface area contributed by atoms with E-state index in [9.17, 15) is 4.79 Å². The van der Waals surface area contributed by atoms with Gasteiger partial charge in [0.15, 0.2) is 5.82 Å². The molecule has 7 heteroatoms. The first-order valence-electron chi connectivity index (χ1n) is 7.71. The fraction of sp³-hybridized carbons (Fsp3) is 0.438. The van der Waals surface area contributed by atoms with E-state index in [0.717, 1.165) is 11.4 Å². The Labute approximate surface area is 135 Å². The maximum absolute atomic E-state index is 12.5. The summed E-state index contributed by atoms with van der Waals surface area (Å²) in [6.07, 6.45) is 1.39. The lowest BCUT2D eigenvalue weighted by Crippen LogP contribution is -2.48. The second-order valence-corrected chi connectivity index (χ2v) is 5.69. The van der Waals surface area contributed by atoms with Gasteiger partial charge in [0.05, 0.1) is 19.2 Å². The second kappa shape index (κ2) is 6.78. The first-order chi connectivity index (χ1) is 11.1. The molecule has 2 aromatic rings. The highest BCUT2D eigenvalue weighted by atomic mass is 16.5. The third kappa shape index (κ3) is 3.50. The number of nitrogens with one attached hydrogen (secondary N) is 1. The molecule has 23 heavy (non-hydrogen) atoms. The van der Waals surface area contributed by atoms with Gasteiger partial charge in [0.25, 0.3) is 0 Å². The highest BCUT2D eigenvalue weighted by Gasteiger charge is 2.28. The van der Waals surface area contributed by atoms with Crippen LogP contribution in [0.2, 0.25) is 0 Å². The number of rotatable bonds is 3. The van der Waals surface area contributed by atoms with Crippen molar-refractivity contribution in [3.8, 4) is 0 Å². The predicted octanol–water partition coefficient (Wildman–Crippen LogP) is 1.66. The number of nitrogens with zero attached hydrogens (tertiary/aromatic N) is 4. The molecule has 2 amide bonds. The van der Waals surface area contributed by atoms with Crippen molar-refractivity contribution in [2.45, 2.75) is 19.1 Å². The molecule has 0 saturated carbocycles. The minimum Gasteiger partial charge on any atom is -0.366 e. The minimum atomic E-state index is -0.242. The standard InChI is InChI=1S/C16H21N5O2/c1-12(13-6-4-3-5-7-13)18-16(22)21-8-9-23-14(10-21)15-19-17-11-20(15)2/h3-7,11-12,14H,8-10H2,1-2H3,(H,18,22)/t12-,14+/m1/s1. The molecule has 1 aromatic heterocycles. The Morgan fingerprint density at radius 2 is 2.17 bits per heavy atom. The molecule has 0 radical (unpaired) electrons. The first-order valence-corrected chi connectivity index (χ1v) is 7.71. The SMILES string of the molecule is C[C@@H](NC(=O)N1CCO[C@H](c2nncn2C)C1)c1ccccc1. The number of amides is 2. The molecular formula is C16H21N5O2. The van der Waals surface area contributed by atoms with E-state index in [4.69, 9.17) is 4.74 Å². The summed E-state index contributed by atoms with van der Waals surface area (Å²) >= 11 is 0. The van der Waals surface area contributed by atoms with E-state index >= 15 is 0 Å². The molecule has 122 valence electrons. The average Bonchev–Trinajstić information content (AvgIpc) is 3.02. The number of carbonyl (C=O) groups is 1. The number of aryl methyl sites for hydroxylation is 1. The van der Waals surface area contributed by atoms with Crippen LogP contribution >= 0.6 is 0 Å². The molecule has 0 unspecified atom stereocenters. The molecule has 0 bridgehead atoms. The molecule has 1 aliphatic heterocycles. The number of ether oxygens (including phenoxy) is 1. The van der Waals surface area contributed by atoms with Crippen molar-refractivity contribution in [3.63, 3.8) is 0 Å². The van der Waals surface area contributed by atoms with Crippen molar-refractivity contribution < 1.29 is 9.53 Å². The van der Waals surface area contributed by atoms with Crippen LogP contribution in [0.15, 0.2) is 36.7 Å². The Morgan fingerprint density at radius 1 is 1.39 bits per heavy atom. The van der Waals surface area contributed by atoms with E-state index in [1.54, 1.807) is 11.2 Å². The van der Waals surface area contributed by atoms with Crippen molar-refractivity contribution in [1.82, 2.24) is 25.0 Å². The molecule has 2 atom stereocenters. The normalized spacial score (nSPS) is 19.4. The molecule has 0 aliphatic carbocycles. The van der Waals surface area contributed by atoms with Gasteiger partial charge >= 0.3 is 6.03 Å². The number of morpholine rings is 1. The van der Waals surface area contributed by atoms with Gasteiger partial charge in [-0.2, -0.15) is 0 Å². The van der Waals surface area contributed by atoms with Gasteiger partial charge in [-0.15, -0.1) is 10.2 Å². The Hall–Kier alpha value is -2.41. The van der Waals surface area contributed by atoms with Gasteiger partial charge < -0.3 is 19.5 Å². The van der Waals surface area contributed by atoms with Crippen LogP contribution in [0, 0.1) is 0 Å². The van der Waals surface area contributed by atoms with Gasteiger partial charge in [-0.25, -0.2) is 4.79 Å². The number of hydrogen-bond donors (Lipinski definition) is 1. The van der Waals surface area contributed by atoms with Crippen molar-refractivity contribution in [1.29, 1.82) is 0 Å². The van der Waals surface area contributed by atoms with Gasteiger partial charge in [-0.3, -0.25) is 0 Å². The van der Waals surface area contributed by atoms with Crippen LogP contribution in [0.3, 0.4) is 0 Å². The lowest BCUT2D eigenvalue weighted by atomic mass is 10.1. The van der Waals surface area contributed by atoms with Crippen LogP contribution in [-0.4, -0.2) is 45.4 Å². The van der Waals surface area contributed by atoms with Crippen molar-refractivity contribution >= 4 is 6.03 Å². The molecule has 1 aliphatic rings. The smallest absolute Gasteiger partial charge is 0.318 e. The highest BCUT2D eigenvalue weighted by Crippen LogP contribution is 2.20. The number of urea groups is 1. The minimum absolute atomic E-state index is 0.0418. The van der Waals surface area contributed by atoms with Crippen LogP contribution in [0.1, 0.15) is 30.5 Å². The summed E-state index contributed by atoms with van der Waals surface area (Å²) in [6.45, 7) is 3.51. The fourth-order valence-corrected chi connectivity index (χ4v) is 2.68. The van der Waals surface area contributed by atoms with Crippen LogP contribution in [0.25, 0.3) is 0 Å². The zero-order valence-electron chi connectivity index (χ0n) is 13.3. The summed E-state index contributed by atoms with van der Waals surface area (Å²) in [5, 5.41) is 11.0. The Bertz CT molecular complexity index is 658. The lowest BCUT2D eigenvalue weighted by molar-refractivity contribution is -0.0217. The number of benzene rings is 1. The summed E-state index contributed by atoms with van der Waals surface area (Å²) in [4.78, 5) is 14.3. The maximum Gasteiger partial charge on any atom is 0.318 e. The van der Waals surface area contributed by atoms with Crippen molar-refractivity contribution in [3.05, 3.63) is 48.0 Å². The summed E-state index contributed by atoms with van der Waals surface area (Å²) in [5.74, 6) is 0.735. The molecule has 1 saturated heterocycles. The van der Waals surface area contributed by atoms with Crippen LogP contribution < -0.4 is 5.32 Å². The molecule has 7 nitrogen and oxygen atoms in total. The van der Waals surface area contributed by atoms with Crippen molar-refractivity contribution in [2.75, 3.05) is 19.7 Å².